The van der Waals surface area contributed by atoms with E-state index >= 15 is 0 Å². The number of benzene rings is 2. The minimum absolute atomic E-state index is 0.131. The van der Waals surface area contributed by atoms with E-state index in [0.717, 1.165) is 0 Å². The normalized spacial score (nSPS) is 12.5. The molecule has 0 aliphatic heterocycles. The number of rotatable bonds is 3. The summed E-state index contributed by atoms with van der Waals surface area (Å²) in [6.07, 6.45) is -1.16. The van der Waals surface area contributed by atoms with Crippen LogP contribution < -0.4 is 0 Å². The Labute approximate surface area is 123 Å². The highest BCUT2D eigenvalue weighted by molar-refractivity contribution is 9.10. The fourth-order valence-corrected chi connectivity index (χ4v) is 2.19. The van der Waals surface area contributed by atoms with Crippen LogP contribution in [-0.2, 0) is 6.42 Å². The van der Waals surface area contributed by atoms with Crippen LogP contribution in [0, 0.1) is 11.6 Å². The molecule has 100 valence electrons. The van der Waals surface area contributed by atoms with Gasteiger partial charge in [-0.3, -0.25) is 0 Å². The van der Waals surface area contributed by atoms with Crippen molar-refractivity contribution < 1.29 is 13.9 Å². The zero-order chi connectivity index (χ0) is 14.0. The van der Waals surface area contributed by atoms with Gasteiger partial charge in [0.1, 0.15) is 11.6 Å². The third-order valence-corrected chi connectivity index (χ3v) is 4.02. The fourth-order valence-electron chi connectivity index (χ4n) is 1.76. The predicted molar refractivity (Wildman–Crippen MR) is 74.2 cm³/mol. The third kappa shape index (κ3) is 3.32. The average Bonchev–Trinajstić information content (AvgIpc) is 2.37. The molecule has 1 nitrogen and oxygen atoms in total. The number of aliphatic hydroxyl groups is 1. The van der Waals surface area contributed by atoms with Gasteiger partial charge in [0.25, 0.3) is 0 Å². The highest BCUT2D eigenvalue weighted by Crippen LogP contribution is 2.28. The first-order valence-corrected chi connectivity index (χ1v) is 6.72. The Kier molecular flexibility index (Phi) is 4.55. The Hall–Kier alpha value is -0.970. The summed E-state index contributed by atoms with van der Waals surface area (Å²) >= 11 is 9.15. The minimum Gasteiger partial charge on any atom is -0.388 e. The zero-order valence-electron chi connectivity index (χ0n) is 9.71. The summed E-state index contributed by atoms with van der Waals surface area (Å²) in [5.74, 6) is -1.33. The summed E-state index contributed by atoms with van der Waals surface area (Å²) in [7, 11) is 0. The van der Waals surface area contributed by atoms with Crippen LogP contribution in [0.2, 0.25) is 5.02 Å². The van der Waals surface area contributed by atoms with Crippen LogP contribution in [-0.4, -0.2) is 5.11 Å². The van der Waals surface area contributed by atoms with Gasteiger partial charge < -0.3 is 5.11 Å². The van der Waals surface area contributed by atoms with E-state index < -0.39 is 17.7 Å². The lowest BCUT2D eigenvalue weighted by Crippen LogP contribution is -2.05. The van der Waals surface area contributed by atoms with Gasteiger partial charge in [0.05, 0.1) is 11.1 Å². The van der Waals surface area contributed by atoms with Crippen LogP contribution in [0.4, 0.5) is 8.78 Å². The molecule has 0 amide bonds. The third-order valence-electron chi connectivity index (χ3n) is 2.79. The summed E-state index contributed by atoms with van der Waals surface area (Å²) in [5.41, 5.74) is 0.380. The molecular weight excluding hydrogens is 338 g/mol. The van der Waals surface area contributed by atoms with E-state index in [4.69, 9.17) is 11.6 Å². The van der Waals surface area contributed by atoms with Gasteiger partial charge in [0, 0.05) is 16.5 Å². The Morgan fingerprint density at radius 1 is 1.16 bits per heavy atom. The van der Waals surface area contributed by atoms with Gasteiger partial charge in [0.15, 0.2) is 0 Å². The predicted octanol–water partition coefficient (Wildman–Crippen LogP) is 4.66. The smallest absolute Gasteiger partial charge is 0.129 e. The van der Waals surface area contributed by atoms with Crippen LogP contribution >= 0.6 is 27.5 Å². The van der Waals surface area contributed by atoms with E-state index in [-0.39, 0.29) is 12.0 Å². The lowest BCUT2D eigenvalue weighted by atomic mass is 10.0. The summed E-state index contributed by atoms with van der Waals surface area (Å²) < 4.78 is 27.7. The lowest BCUT2D eigenvalue weighted by Gasteiger charge is -2.13. The molecule has 5 heteroatoms. The van der Waals surface area contributed by atoms with Crippen molar-refractivity contribution in [3.05, 3.63) is 68.7 Å². The minimum atomic E-state index is -1.02. The Morgan fingerprint density at radius 2 is 1.79 bits per heavy atom. The van der Waals surface area contributed by atoms with Crippen molar-refractivity contribution in [3.8, 4) is 0 Å². The molecule has 0 fully saturated rings. The van der Waals surface area contributed by atoms with Crippen molar-refractivity contribution in [3.63, 3.8) is 0 Å². The topological polar surface area (TPSA) is 20.2 Å². The maximum Gasteiger partial charge on any atom is 0.129 e. The second kappa shape index (κ2) is 5.99. The molecule has 2 aromatic carbocycles. The highest BCUT2D eigenvalue weighted by atomic mass is 79.9. The van der Waals surface area contributed by atoms with Crippen molar-refractivity contribution in [2.75, 3.05) is 0 Å². The average molecular weight is 348 g/mol. The van der Waals surface area contributed by atoms with Gasteiger partial charge in [0.2, 0.25) is 0 Å². The molecule has 1 atom stereocenters. The standard InChI is InChI=1S/C14H10BrClF2O/c15-10-5-4-8(6-11(10)16)14(19)7-9-12(17)2-1-3-13(9)18/h1-6,14,19H,7H2. The van der Waals surface area contributed by atoms with E-state index in [1.54, 1.807) is 18.2 Å². The fraction of sp³-hybridized carbons (Fsp3) is 0.143. The Balaban J connectivity index is 2.25. The summed E-state index contributed by atoms with van der Waals surface area (Å²) in [4.78, 5) is 0. The first-order chi connectivity index (χ1) is 8.99. The van der Waals surface area contributed by atoms with Gasteiger partial charge >= 0.3 is 0 Å². The van der Waals surface area contributed by atoms with E-state index in [2.05, 4.69) is 15.9 Å². The van der Waals surface area contributed by atoms with E-state index in [1.165, 1.54) is 18.2 Å². The van der Waals surface area contributed by atoms with Crippen LogP contribution in [0.5, 0.6) is 0 Å². The van der Waals surface area contributed by atoms with Crippen LogP contribution in [0.3, 0.4) is 0 Å². The molecule has 1 unspecified atom stereocenters. The SMILES string of the molecule is OC(Cc1c(F)cccc1F)c1ccc(Br)c(Cl)c1. The molecule has 0 saturated carbocycles. The molecule has 0 aliphatic carbocycles. The van der Waals surface area contributed by atoms with Gasteiger partial charge in [-0.25, -0.2) is 8.78 Å². The van der Waals surface area contributed by atoms with Gasteiger partial charge in [-0.1, -0.05) is 23.7 Å². The molecule has 0 aliphatic rings. The molecule has 0 aromatic heterocycles. The van der Waals surface area contributed by atoms with E-state index in [1.807, 2.05) is 0 Å². The maximum absolute atomic E-state index is 13.5. The largest absolute Gasteiger partial charge is 0.388 e. The quantitative estimate of drug-likeness (QED) is 0.856. The number of hydrogen-bond acceptors (Lipinski definition) is 1. The summed E-state index contributed by atoms with van der Waals surface area (Å²) in [5, 5.41) is 10.5. The molecule has 0 heterocycles. The first-order valence-electron chi connectivity index (χ1n) is 5.55. The van der Waals surface area contributed by atoms with Crippen molar-refractivity contribution in [1.82, 2.24) is 0 Å². The molecular formula is C14H10BrClF2O. The van der Waals surface area contributed by atoms with Crippen molar-refractivity contribution in [2.24, 2.45) is 0 Å². The molecule has 2 aromatic rings. The molecule has 0 radical (unpaired) electrons. The number of halogens is 4. The van der Waals surface area contributed by atoms with Crippen molar-refractivity contribution >= 4 is 27.5 Å². The second-order valence-corrected chi connectivity index (χ2v) is 5.36. The number of aliphatic hydroxyl groups excluding tert-OH is 1. The van der Waals surface area contributed by atoms with E-state index in [0.29, 0.717) is 15.1 Å². The van der Waals surface area contributed by atoms with Gasteiger partial charge in [-0.2, -0.15) is 0 Å². The Morgan fingerprint density at radius 3 is 2.37 bits per heavy atom. The first kappa shape index (κ1) is 14.4. The molecule has 2 rings (SSSR count). The second-order valence-electron chi connectivity index (χ2n) is 4.09. The summed E-state index contributed by atoms with van der Waals surface area (Å²) in [6.45, 7) is 0. The molecule has 1 N–H and O–H groups in total. The van der Waals surface area contributed by atoms with Crippen molar-refractivity contribution in [1.29, 1.82) is 0 Å². The van der Waals surface area contributed by atoms with E-state index in [9.17, 15) is 13.9 Å². The van der Waals surface area contributed by atoms with Gasteiger partial charge in [-0.05, 0) is 45.8 Å². The van der Waals surface area contributed by atoms with Crippen LogP contribution in [0.15, 0.2) is 40.9 Å². The molecule has 0 saturated heterocycles. The number of hydrogen-bond donors (Lipinski definition) is 1. The summed E-state index contributed by atoms with van der Waals surface area (Å²) in [6, 6.07) is 8.52. The monoisotopic (exact) mass is 346 g/mol. The van der Waals surface area contributed by atoms with Gasteiger partial charge in [-0.15, -0.1) is 0 Å². The van der Waals surface area contributed by atoms with Crippen LogP contribution in [0.25, 0.3) is 0 Å². The molecule has 0 spiro atoms. The van der Waals surface area contributed by atoms with Crippen molar-refractivity contribution in [2.45, 2.75) is 12.5 Å². The maximum atomic E-state index is 13.5. The molecule has 19 heavy (non-hydrogen) atoms. The zero-order valence-corrected chi connectivity index (χ0v) is 12.0. The lowest BCUT2D eigenvalue weighted by molar-refractivity contribution is 0.175. The highest BCUT2D eigenvalue weighted by Gasteiger charge is 2.16. The molecule has 0 bridgehead atoms. The Bertz CT molecular complexity index is 584. The van der Waals surface area contributed by atoms with Crippen LogP contribution in [0.1, 0.15) is 17.2 Å².